The second-order valence-electron chi connectivity index (χ2n) is 4.26. The summed E-state index contributed by atoms with van der Waals surface area (Å²) in [6.45, 7) is 11.7. The monoisotopic (exact) mass is 248 g/mol. The first-order chi connectivity index (χ1) is 7.97. The second kappa shape index (κ2) is 5.79. The molecule has 0 spiro atoms. The minimum Gasteiger partial charge on any atom is -0.319 e. The van der Waals surface area contributed by atoms with E-state index in [4.69, 9.17) is 0 Å². The molecule has 0 aliphatic heterocycles. The van der Waals surface area contributed by atoms with E-state index in [2.05, 4.69) is 13.2 Å². The van der Waals surface area contributed by atoms with Gasteiger partial charge in [0.25, 0.3) is 0 Å². The van der Waals surface area contributed by atoms with Crippen LogP contribution in [0.3, 0.4) is 0 Å². The Kier molecular flexibility index (Phi) is 4.65. The molecule has 1 heterocycles. The van der Waals surface area contributed by atoms with Gasteiger partial charge < -0.3 is 4.57 Å². The topological polar surface area (TPSA) is 20.9 Å². The molecule has 0 atom stereocenters. The third kappa shape index (κ3) is 4.16. The van der Waals surface area contributed by atoms with Gasteiger partial charge in [-0.2, -0.15) is 0 Å². The highest BCUT2D eigenvalue weighted by Gasteiger charge is 2.12. The van der Waals surface area contributed by atoms with E-state index in [0.29, 0.717) is 0 Å². The van der Waals surface area contributed by atoms with Crippen molar-refractivity contribution in [3.8, 4) is 0 Å². The minimum atomic E-state index is -2.16. The van der Waals surface area contributed by atoms with Crippen molar-refractivity contribution >= 4 is 12.4 Å². The largest absolute Gasteiger partial charge is 0.319 e. The molecule has 0 unspecified atom stereocenters. The first kappa shape index (κ1) is 13.7. The summed E-state index contributed by atoms with van der Waals surface area (Å²) in [5, 5.41) is 0.904. The molecule has 0 fully saturated rings. The molecule has 90 valence electrons. The average Bonchev–Trinajstić information content (AvgIpc) is 2.28. The molecule has 0 saturated heterocycles. The van der Waals surface area contributed by atoms with Crippen molar-refractivity contribution in [2.75, 3.05) is 13.3 Å². The van der Waals surface area contributed by atoms with Crippen LogP contribution in [0, 0.1) is 0 Å². The summed E-state index contributed by atoms with van der Waals surface area (Å²) in [5.41, 5.74) is 1.09. The van der Waals surface area contributed by atoms with Gasteiger partial charge in [-0.1, -0.05) is 31.4 Å². The maximum absolute atomic E-state index is 11.9. The maximum atomic E-state index is 11.9. The molecule has 1 rings (SSSR count). The van der Waals surface area contributed by atoms with Crippen LogP contribution in [0.1, 0.15) is 0 Å². The Balaban J connectivity index is 2.89. The van der Waals surface area contributed by atoms with Crippen LogP contribution in [0.25, 0.3) is 0 Å². The van der Waals surface area contributed by atoms with Crippen LogP contribution in [0.4, 0.5) is 0 Å². The second-order valence-corrected chi connectivity index (χ2v) is 7.48. The average molecular weight is 248 g/mol. The predicted octanol–water partition coefficient (Wildman–Crippen LogP) is 2.52. The Hall–Kier alpha value is -1.40. The summed E-state index contributed by atoms with van der Waals surface area (Å²) < 4.78 is 13.9. The molecule has 2 nitrogen and oxygen atoms in total. The summed E-state index contributed by atoms with van der Waals surface area (Å²) in [5.74, 6) is 0. The van der Waals surface area contributed by atoms with Gasteiger partial charge >= 0.3 is 0 Å². The lowest BCUT2D eigenvalue weighted by atomic mass is 10.2. The van der Waals surface area contributed by atoms with Crippen LogP contribution in [0.2, 0.25) is 0 Å². The molecule has 0 aliphatic rings. The SMILES string of the molecule is C=C/C=C(\C=C)C[n+]1ccc(P(C)(C)=O)cc1. The molecule has 0 saturated carbocycles. The van der Waals surface area contributed by atoms with Crippen LogP contribution in [-0.4, -0.2) is 13.3 Å². The zero-order valence-corrected chi connectivity index (χ0v) is 11.4. The van der Waals surface area contributed by atoms with Crippen molar-refractivity contribution in [1.82, 2.24) is 0 Å². The summed E-state index contributed by atoms with van der Waals surface area (Å²) in [4.78, 5) is 0. The number of rotatable bonds is 5. The predicted molar refractivity (Wildman–Crippen MR) is 74.2 cm³/mol. The minimum absolute atomic E-state index is 0.744. The maximum Gasteiger partial charge on any atom is 0.173 e. The van der Waals surface area contributed by atoms with Gasteiger partial charge in [-0.3, -0.25) is 0 Å². The Morgan fingerprint density at radius 1 is 1.35 bits per heavy atom. The Morgan fingerprint density at radius 3 is 2.35 bits per heavy atom. The Morgan fingerprint density at radius 2 is 1.94 bits per heavy atom. The fourth-order valence-electron chi connectivity index (χ4n) is 1.46. The lowest BCUT2D eigenvalue weighted by molar-refractivity contribution is -0.688. The molecular formula is C14H19NOP+. The van der Waals surface area contributed by atoms with E-state index in [1.807, 2.05) is 41.2 Å². The molecule has 0 amide bonds. The van der Waals surface area contributed by atoms with E-state index in [-0.39, 0.29) is 0 Å². The van der Waals surface area contributed by atoms with Crippen molar-refractivity contribution in [1.29, 1.82) is 0 Å². The summed E-state index contributed by atoms with van der Waals surface area (Å²) in [6.07, 6.45) is 9.37. The number of hydrogen-bond acceptors (Lipinski definition) is 1. The van der Waals surface area contributed by atoms with Crippen molar-refractivity contribution in [3.05, 3.63) is 61.5 Å². The van der Waals surface area contributed by atoms with E-state index in [0.717, 1.165) is 17.4 Å². The van der Waals surface area contributed by atoms with Crippen LogP contribution >= 0.6 is 7.14 Å². The first-order valence-corrected chi connectivity index (χ1v) is 8.06. The van der Waals surface area contributed by atoms with E-state index in [1.54, 1.807) is 19.4 Å². The summed E-state index contributed by atoms with van der Waals surface area (Å²) in [7, 11) is -2.16. The van der Waals surface area contributed by atoms with Gasteiger partial charge in [0.05, 0.1) is 0 Å². The molecule has 1 aromatic heterocycles. The standard InChI is InChI=1S/C14H19NOP/c1-5-7-13(6-2)12-15-10-8-14(9-11-15)17(3,4)16/h5-11H,1-2,12H2,3-4H3/q+1/b13-7+. The molecule has 0 bridgehead atoms. The molecular weight excluding hydrogens is 229 g/mol. The summed E-state index contributed by atoms with van der Waals surface area (Å²) in [6, 6.07) is 3.82. The molecule has 0 aromatic carbocycles. The number of pyridine rings is 1. The third-order valence-electron chi connectivity index (χ3n) is 2.45. The highest BCUT2D eigenvalue weighted by atomic mass is 31.2. The van der Waals surface area contributed by atoms with Crippen LogP contribution in [-0.2, 0) is 11.1 Å². The van der Waals surface area contributed by atoms with Gasteiger partial charge in [0.2, 0.25) is 0 Å². The lowest BCUT2D eigenvalue weighted by Crippen LogP contribution is -2.34. The number of nitrogens with zero attached hydrogens (tertiary/aromatic N) is 1. The van der Waals surface area contributed by atoms with Crippen LogP contribution in [0.5, 0.6) is 0 Å². The highest BCUT2D eigenvalue weighted by Crippen LogP contribution is 2.33. The number of aromatic nitrogens is 1. The van der Waals surface area contributed by atoms with Crippen LogP contribution < -0.4 is 9.87 Å². The molecule has 0 aliphatic carbocycles. The van der Waals surface area contributed by atoms with Crippen molar-refractivity contribution in [2.45, 2.75) is 6.54 Å². The van der Waals surface area contributed by atoms with Crippen molar-refractivity contribution < 1.29 is 9.13 Å². The molecule has 3 heteroatoms. The molecule has 0 radical (unpaired) electrons. The number of allylic oxidation sites excluding steroid dienone is 4. The van der Waals surface area contributed by atoms with Gasteiger partial charge in [0, 0.05) is 23.0 Å². The fraction of sp³-hybridized carbons (Fsp3) is 0.214. The van der Waals surface area contributed by atoms with Crippen molar-refractivity contribution in [3.63, 3.8) is 0 Å². The van der Waals surface area contributed by atoms with E-state index < -0.39 is 7.14 Å². The smallest absolute Gasteiger partial charge is 0.173 e. The van der Waals surface area contributed by atoms with E-state index in [1.165, 1.54) is 0 Å². The molecule has 1 aromatic rings. The Bertz CT molecular complexity index is 479. The summed E-state index contributed by atoms with van der Waals surface area (Å²) >= 11 is 0. The third-order valence-corrected chi connectivity index (χ3v) is 4.00. The zero-order valence-electron chi connectivity index (χ0n) is 10.5. The van der Waals surface area contributed by atoms with Gasteiger partial charge in [0.15, 0.2) is 18.9 Å². The normalized spacial score (nSPS) is 12.2. The van der Waals surface area contributed by atoms with E-state index in [9.17, 15) is 4.57 Å². The van der Waals surface area contributed by atoms with Gasteiger partial charge in [-0.25, -0.2) is 4.57 Å². The van der Waals surface area contributed by atoms with Gasteiger partial charge in [-0.15, -0.1) is 0 Å². The molecule has 0 N–H and O–H groups in total. The van der Waals surface area contributed by atoms with E-state index >= 15 is 0 Å². The first-order valence-electron chi connectivity index (χ1n) is 5.46. The van der Waals surface area contributed by atoms with Crippen molar-refractivity contribution in [2.24, 2.45) is 0 Å². The fourth-order valence-corrected chi connectivity index (χ4v) is 2.31. The number of hydrogen-bond donors (Lipinski definition) is 0. The van der Waals surface area contributed by atoms with Crippen LogP contribution in [0.15, 0.2) is 61.5 Å². The highest BCUT2D eigenvalue weighted by molar-refractivity contribution is 7.70. The Labute approximate surface area is 103 Å². The lowest BCUT2D eigenvalue weighted by Gasteiger charge is -2.05. The molecule has 17 heavy (non-hydrogen) atoms. The van der Waals surface area contributed by atoms with Gasteiger partial charge in [0.1, 0.15) is 7.14 Å². The quantitative estimate of drug-likeness (QED) is 0.445. The van der Waals surface area contributed by atoms with Gasteiger partial charge in [-0.05, 0) is 13.3 Å². The zero-order chi connectivity index (χ0) is 12.9.